The van der Waals surface area contributed by atoms with Crippen LogP contribution in [-0.4, -0.2) is 38.9 Å². The summed E-state index contributed by atoms with van der Waals surface area (Å²) in [5.74, 6) is 0.577. The number of carbonyl (C=O) groups is 1. The summed E-state index contributed by atoms with van der Waals surface area (Å²) in [7, 11) is 0. The van der Waals surface area contributed by atoms with Crippen LogP contribution >= 0.6 is 23.2 Å². The molecule has 1 saturated carbocycles. The Hall–Kier alpha value is -1.59. The minimum Gasteiger partial charge on any atom is -0.336 e. The molecule has 2 fully saturated rings. The highest BCUT2D eigenvalue weighted by atomic mass is 35.5. The highest BCUT2D eigenvalue weighted by Gasteiger charge is 2.31. The second-order valence-electron chi connectivity index (χ2n) is 6.22. The van der Waals surface area contributed by atoms with E-state index in [1.54, 1.807) is 18.2 Å². The molecule has 0 spiro atoms. The minimum absolute atomic E-state index is 0.0198. The molecule has 2 aromatic rings. The van der Waals surface area contributed by atoms with Gasteiger partial charge in [-0.25, -0.2) is 4.68 Å². The number of rotatable bonds is 3. The summed E-state index contributed by atoms with van der Waals surface area (Å²) in [5.41, 5.74) is 1.65. The van der Waals surface area contributed by atoms with E-state index in [0.717, 1.165) is 12.1 Å². The topological polar surface area (TPSA) is 51.0 Å². The number of benzene rings is 1. The van der Waals surface area contributed by atoms with Crippen LogP contribution in [0, 0.1) is 0 Å². The van der Waals surface area contributed by atoms with Crippen molar-refractivity contribution in [2.24, 2.45) is 0 Å². The summed E-state index contributed by atoms with van der Waals surface area (Å²) < 4.78 is 1.91. The molecule has 1 aliphatic carbocycles. The lowest BCUT2D eigenvalue weighted by Gasteiger charge is -2.16. The van der Waals surface area contributed by atoms with E-state index in [1.807, 2.05) is 15.8 Å². The number of hydrogen-bond donors (Lipinski definition) is 0. The monoisotopic (exact) mass is 350 g/mol. The molecule has 0 N–H and O–H groups in total. The number of hydrogen-bond acceptors (Lipinski definition) is 3. The predicted octanol–water partition coefficient (Wildman–Crippen LogP) is 3.55. The fourth-order valence-corrected chi connectivity index (χ4v) is 3.29. The molecule has 1 aromatic carbocycles. The first-order chi connectivity index (χ1) is 11.1. The van der Waals surface area contributed by atoms with Crippen LogP contribution in [0.4, 0.5) is 0 Å². The molecule has 2 aliphatic rings. The van der Waals surface area contributed by atoms with Gasteiger partial charge in [0.1, 0.15) is 0 Å². The Bertz CT molecular complexity index is 756. The van der Waals surface area contributed by atoms with E-state index in [1.165, 1.54) is 12.8 Å². The third-order valence-electron chi connectivity index (χ3n) is 4.51. The Morgan fingerprint density at radius 2 is 2.00 bits per heavy atom. The average Bonchev–Trinajstić information content (AvgIpc) is 3.09. The maximum absolute atomic E-state index is 12.6. The number of likely N-dealkylation sites (tertiary alicyclic amines) is 1. The Labute approximate surface area is 144 Å². The predicted molar refractivity (Wildman–Crippen MR) is 88.0 cm³/mol. The van der Waals surface area contributed by atoms with Crippen LogP contribution in [0.15, 0.2) is 24.4 Å². The van der Waals surface area contributed by atoms with Crippen LogP contribution in [0.2, 0.25) is 10.0 Å². The van der Waals surface area contributed by atoms with Gasteiger partial charge in [0.05, 0.1) is 21.8 Å². The first-order valence-electron chi connectivity index (χ1n) is 7.78. The molecule has 120 valence electrons. The molecule has 1 atom stereocenters. The van der Waals surface area contributed by atoms with E-state index >= 15 is 0 Å². The summed E-state index contributed by atoms with van der Waals surface area (Å²) in [6.07, 6.45) is 5.35. The molecule has 2 heterocycles. The van der Waals surface area contributed by atoms with Gasteiger partial charge in [-0.3, -0.25) is 4.79 Å². The van der Waals surface area contributed by atoms with Gasteiger partial charge in [0, 0.05) is 30.8 Å². The molecule has 1 amide bonds. The van der Waals surface area contributed by atoms with Crippen LogP contribution in [0.25, 0.3) is 0 Å². The molecule has 1 aliphatic heterocycles. The Kier molecular flexibility index (Phi) is 3.77. The lowest BCUT2D eigenvalue weighted by molar-refractivity contribution is 0.0787. The Balaban J connectivity index is 1.46. The van der Waals surface area contributed by atoms with Gasteiger partial charge in [0.2, 0.25) is 0 Å². The molecule has 0 radical (unpaired) electrons. The maximum Gasteiger partial charge on any atom is 0.253 e. The van der Waals surface area contributed by atoms with Gasteiger partial charge in [-0.2, -0.15) is 0 Å². The Morgan fingerprint density at radius 3 is 2.74 bits per heavy atom. The molecule has 0 bridgehead atoms. The van der Waals surface area contributed by atoms with Crippen molar-refractivity contribution in [3.05, 3.63) is 45.7 Å². The van der Waals surface area contributed by atoms with Crippen molar-refractivity contribution < 1.29 is 4.79 Å². The smallest absolute Gasteiger partial charge is 0.253 e. The number of nitrogens with zero attached hydrogens (tertiary/aromatic N) is 4. The van der Waals surface area contributed by atoms with Gasteiger partial charge >= 0.3 is 0 Å². The fraction of sp³-hybridized carbons (Fsp3) is 0.438. The average molecular weight is 351 g/mol. The van der Waals surface area contributed by atoms with Crippen LogP contribution in [0.3, 0.4) is 0 Å². The quantitative estimate of drug-likeness (QED) is 0.850. The lowest BCUT2D eigenvalue weighted by Crippen LogP contribution is -2.29. The fourth-order valence-electron chi connectivity index (χ4n) is 2.99. The number of amides is 1. The van der Waals surface area contributed by atoms with Crippen LogP contribution in [0.5, 0.6) is 0 Å². The van der Waals surface area contributed by atoms with Gasteiger partial charge in [-0.1, -0.05) is 28.4 Å². The molecule has 7 heteroatoms. The molecule has 1 saturated heterocycles. The zero-order chi connectivity index (χ0) is 16.0. The van der Waals surface area contributed by atoms with Gasteiger partial charge in [0.25, 0.3) is 5.91 Å². The zero-order valence-electron chi connectivity index (χ0n) is 12.5. The third kappa shape index (κ3) is 2.95. The van der Waals surface area contributed by atoms with Gasteiger partial charge in [-0.05, 0) is 37.5 Å². The molecular weight excluding hydrogens is 335 g/mol. The molecule has 1 unspecified atom stereocenters. The van der Waals surface area contributed by atoms with Crippen molar-refractivity contribution in [3.63, 3.8) is 0 Å². The largest absolute Gasteiger partial charge is 0.336 e. The van der Waals surface area contributed by atoms with Gasteiger partial charge < -0.3 is 4.90 Å². The van der Waals surface area contributed by atoms with Crippen LogP contribution in [0.1, 0.15) is 47.3 Å². The summed E-state index contributed by atoms with van der Waals surface area (Å²) in [5, 5.41) is 9.35. The van der Waals surface area contributed by atoms with E-state index in [2.05, 4.69) is 10.3 Å². The van der Waals surface area contributed by atoms with Crippen molar-refractivity contribution in [1.29, 1.82) is 0 Å². The van der Waals surface area contributed by atoms with Crippen molar-refractivity contribution in [3.8, 4) is 0 Å². The van der Waals surface area contributed by atoms with Crippen molar-refractivity contribution in [1.82, 2.24) is 19.9 Å². The SMILES string of the molecule is O=C(c1ccc(Cl)c(Cl)c1)N1CCC(n2cc(C3CC3)nn2)C1. The number of carbonyl (C=O) groups excluding carboxylic acids is 1. The van der Waals surface area contributed by atoms with E-state index in [0.29, 0.717) is 34.6 Å². The number of halogens is 2. The van der Waals surface area contributed by atoms with E-state index in [9.17, 15) is 4.79 Å². The van der Waals surface area contributed by atoms with E-state index in [-0.39, 0.29) is 11.9 Å². The lowest BCUT2D eigenvalue weighted by atomic mass is 10.2. The van der Waals surface area contributed by atoms with Crippen LogP contribution < -0.4 is 0 Å². The summed E-state index contributed by atoms with van der Waals surface area (Å²) in [6.45, 7) is 1.36. The Morgan fingerprint density at radius 1 is 1.17 bits per heavy atom. The van der Waals surface area contributed by atoms with Crippen molar-refractivity contribution in [2.75, 3.05) is 13.1 Å². The van der Waals surface area contributed by atoms with Crippen molar-refractivity contribution in [2.45, 2.75) is 31.2 Å². The van der Waals surface area contributed by atoms with Crippen LogP contribution in [-0.2, 0) is 0 Å². The minimum atomic E-state index is -0.0198. The highest BCUT2D eigenvalue weighted by Crippen LogP contribution is 2.39. The second-order valence-corrected chi connectivity index (χ2v) is 7.03. The van der Waals surface area contributed by atoms with Gasteiger partial charge in [0.15, 0.2) is 0 Å². The van der Waals surface area contributed by atoms with E-state index in [4.69, 9.17) is 23.2 Å². The highest BCUT2D eigenvalue weighted by molar-refractivity contribution is 6.42. The molecule has 23 heavy (non-hydrogen) atoms. The first kappa shape index (κ1) is 15.0. The second kappa shape index (κ2) is 5.80. The summed E-state index contributed by atoms with van der Waals surface area (Å²) in [6, 6.07) is 5.19. The summed E-state index contributed by atoms with van der Waals surface area (Å²) >= 11 is 11.9. The van der Waals surface area contributed by atoms with E-state index < -0.39 is 0 Å². The zero-order valence-corrected chi connectivity index (χ0v) is 14.0. The molecular formula is C16H16Cl2N4O. The molecule has 1 aromatic heterocycles. The van der Waals surface area contributed by atoms with Gasteiger partial charge in [-0.15, -0.1) is 5.10 Å². The maximum atomic E-state index is 12.6. The normalized spacial score (nSPS) is 21.0. The first-order valence-corrected chi connectivity index (χ1v) is 8.53. The standard InChI is InChI=1S/C16H16Cl2N4O/c17-13-4-3-11(7-14(13)18)16(23)21-6-5-12(8-21)22-9-15(19-20-22)10-1-2-10/h3-4,7,9-10,12H,1-2,5-6,8H2. The number of aromatic nitrogens is 3. The summed E-state index contributed by atoms with van der Waals surface area (Å²) in [4.78, 5) is 14.4. The van der Waals surface area contributed by atoms with Crippen molar-refractivity contribution >= 4 is 29.1 Å². The third-order valence-corrected chi connectivity index (χ3v) is 5.25. The molecule has 4 rings (SSSR count). The molecule has 5 nitrogen and oxygen atoms in total.